The lowest BCUT2D eigenvalue weighted by molar-refractivity contribution is 0.408. The highest BCUT2D eigenvalue weighted by atomic mass is 32.2. The standard InChI is InChI=1S/C20H36SSi/c1-16(2)13-20(17(3)4)19-10-8-9-18(14-19)15-21-11-12-22(5,6)7/h8-10,14,16-17,20H,11-13,15H2,1-7H3. The molecule has 0 fully saturated rings. The highest BCUT2D eigenvalue weighted by molar-refractivity contribution is 7.98. The van der Waals surface area contributed by atoms with Gasteiger partial charge in [-0.1, -0.05) is 71.6 Å². The van der Waals surface area contributed by atoms with Crippen LogP contribution in [0.3, 0.4) is 0 Å². The molecule has 0 aromatic heterocycles. The van der Waals surface area contributed by atoms with E-state index in [1.165, 1.54) is 29.5 Å². The Kier molecular flexibility index (Phi) is 8.27. The molecular weight excluding hydrogens is 300 g/mol. The molecule has 0 spiro atoms. The van der Waals surface area contributed by atoms with E-state index in [-0.39, 0.29) is 0 Å². The van der Waals surface area contributed by atoms with Gasteiger partial charge in [0.2, 0.25) is 0 Å². The molecule has 0 aliphatic heterocycles. The molecule has 0 amide bonds. The fourth-order valence-electron chi connectivity index (χ4n) is 2.78. The fourth-order valence-corrected chi connectivity index (χ4v) is 6.37. The van der Waals surface area contributed by atoms with Gasteiger partial charge < -0.3 is 0 Å². The Hall–Kier alpha value is -0.213. The zero-order valence-corrected chi connectivity index (χ0v) is 17.6. The van der Waals surface area contributed by atoms with Gasteiger partial charge in [-0.2, -0.15) is 11.8 Å². The molecule has 2 heteroatoms. The van der Waals surface area contributed by atoms with Gasteiger partial charge in [0.05, 0.1) is 0 Å². The van der Waals surface area contributed by atoms with Crippen molar-refractivity contribution in [1.82, 2.24) is 0 Å². The summed E-state index contributed by atoms with van der Waals surface area (Å²) < 4.78 is 0. The van der Waals surface area contributed by atoms with Crippen molar-refractivity contribution in [3.8, 4) is 0 Å². The number of rotatable bonds is 9. The second-order valence-electron chi connectivity index (χ2n) is 8.59. The smallest absolute Gasteiger partial charge is 0.0450 e. The Morgan fingerprint density at radius 2 is 1.73 bits per heavy atom. The molecule has 0 aliphatic rings. The largest absolute Gasteiger partial charge is 0.158 e. The first kappa shape index (κ1) is 19.8. The first-order valence-corrected chi connectivity index (χ1v) is 13.7. The van der Waals surface area contributed by atoms with Crippen LogP contribution in [0.25, 0.3) is 0 Å². The Morgan fingerprint density at radius 1 is 1.05 bits per heavy atom. The molecule has 1 unspecified atom stereocenters. The number of benzene rings is 1. The van der Waals surface area contributed by atoms with Gasteiger partial charge in [-0.15, -0.1) is 0 Å². The summed E-state index contributed by atoms with van der Waals surface area (Å²) in [4.78, 5) is 0. The molecule has 0 nitrogen and oxygen atoms in total. The van der Waals surface area contributed by atoms with Crippen LogP contribution in [0.1, 0.15) is 51.2 Å². The minimum atomic E-state index is -0.878. The van der Waals surface area contributed by atoms with E-state index in [1.807, 2.05) is 0 Å². The second-order valence-corrected chi connectivity index (χ2v) is 15.3. The number of hydrogen-bond acceptors (Lipinski definition) is 1. The van der Waals surface area contributed by atoms with Crippen molar-refractivity contribution in [2.24, 2.45) is 11.8 Å². The van der Waals surface area contributed by atoms with Crippen LogP contribution in [0.15, 0.2) is 24.3 Å². The molecule has 1 atom stereocenters. The van der Waals surface area contributed by atoms with Crippen LogP contribution in [0, 0.1) is 11.8 Å². The molecule has 1 aromatic carbocycles. The Balaban J connectivity index is 2.64. The van der Waals surface area contributed by atoms with Crippen molar-refractivity contribution in [1.29, 1.82) is 0 Å². The molecule has 0 radical (unpaired) electrons. The van der Waals surface area contributed by atoms with E-state index in [4.69, 9.17) is 0 Å². The molecule has 1 rings (SSSR count). The molecule has 0 heterocycles. The summed E-state index contributed by atoms with van der Waals surface area (Å²) in [5.41, 5.74) is 3.06. The zero-order valence-electron chi connectivity index (χ0n) is 15.8. The van der Waals surface area contributed by atoms with E-state index < -0.39 is 8.07 Å². The fraction of sp³-hybridized carbons (Fsp3) is 0.700. The topological polar surface area (TPSA) is 0 Å². The van der Waals surface area contributed by atoms with E-state index in [2.05, 4.69) is 83.4 Å². The molecule has 1 aromatic rings. The molecule has 0 aliphatic carbocycles. The van der Waals surface area contributed by atoms with Crippen LogP contribution < -0.4 is 0 Å². The van der Waals surface area contributed by atoms with Crippen molar-refractivity contribution in [2.45, 2.75) is 71.5 Å². The van der Waals surface area contributed by atoms with Crippen LogP contribution in [-0.4, -0.2) is 13.8 Å². The van der Waals surface area contributed by atoms with Crippen LogP contribution >= 0.6 is 11.8 Å². The van der Waals surface area contributed by atoms with Crippen molar-refractivity contribution in [3.05, 3.63) is 35.4 Å². The van der Waals surface area contributed by atoms with Gasteiger partial charge in [-0.25, -0.2) is 0 Å². The van der Waals surface area contributed by atoms with Gasteiger partial charge in [0.15, 0.2) is 0 Å². The zero-order chi connectivity index (χ0) is 16.8. The van der Waals surface area contributed by atoms with Crippen molar-refractivity contribution in [2.75, 3.05) is 5.75 Å². The Morgan fingerprint density at radius 3 is 2.27 bits per heavy atom. The Bertz CT molecular complexity index is 432. The maximum absolute atomic E-state index is 2.47. The third-order valence-electron chi connectivity index (χ3n) is 4.17. The number of thioether (sulfide) groups is 1. The quantitative estimate of drug-likeness (QED) is 0.344. The highest BCUT2D eigenvalue weighted by Crippen LogP contribution is 2.32. The first-order chi connectivity index (χ1) is 10.2. The SMILES string of the molecule is CC(C)CC(c1cccc(CSCC[Si](C)(C)C)c1)C(C)C. The summed E-state index contributed by atoms with van der Waals surface area (Å²) in [7, 11) is -0.878. The summed E-state index contributed by atoms with van der Waals surface area (Å²) in [6.45, 7) is 16.8. The van der Waals surface area contributed by atoms with Gasteiger partial charge >= 0.3 is 0 Å². The van der Waals surface area contributed by atoms with E-state index >= 15 is 0 Å². The third kappa shape index (κ3) is 7.87. The predicted molar refractivity (Wildman–Crippen MR) is 108 cm³/mol. The Labute approximate surface area is 144 Å². The molecular formula is C20H36SSi. The minimum absolute atomic E-state index is 0.701. The van der Waals surface area contributed by atoms with Crippen molar-refractivity contribution < 1.29 is 0 Å². The molecule has 126 valence electrons. The van der Waals surface area contributed by atoms with Crippen LogP contribution in [0.2, 0.25) is 25.7 Å². The molecule has 0 bridgehead atoms. The molecule has 0 saturated carbocycles. The molecule has 0 saturated heterocycles. The molecule has 22 heavy (non-hydrogen) atoms. The van der Waals surface area contributed by atoms with Crippen molar-refractivity contribution >= 4 is 19.8 Å². The summed E-state index contributed by atoms with van der Waals surface area (Å²) in [6, 6.07) is 10.8. The minimum Gasteiger partial charge on any atom is -0.158 e. The summed E-state index contributed by atoms with van der Waals surface area (Å²) in [6.07, 6.45) is 1.30. The van der Waals surface area contributed by atoms with E-state index in [0.717, 1.165) is 11.8 Å². The van der Waals surface area contributed by atoms with Gasteiger partial charge in [0.1, 0.15) is 0 Å². The van der Waals surface area contributed by atoms with Gasteiger partial charge in [0, 0.05) is 13.8 Å². The summed E-state index contributed by atoms with van der Waals surface area (Å²) in [5.74, 6) is 4.68. The van der Waals surface area contributed by atoms with E-state index in [1.54, 1.807) is 5.56 Å². The van der Waals surface area contributed by atoms with Crippen LogP contribution in [0.5, 0.6) is 0 Å². The lowest BCUT2D eigenvalue weighted by Crippen LogP contribution is -2.19. The summed E-state index contributed by atoms with van der Waals surface area (Å²) >= 11 is 2.11. The van der Waals surface area contributed by atoms with Crippen LogP contribution in [0.4, 0.5) is 0 Å². The third-order valence-corrected chi connectivity index (χ3v) is 7.32. The monoisotopic (exact) mass is 336 g/mol. The lowest BCUT2D eigenvalue weighted by atomic mass is 9.82. The maximum Gasteiger partial charge on any atom is 0.0450 e. The maximum atomic E-state index is 2.47. The average Bonchev–Trinajstić information content (AvgIpc) is 2.40. The van der Waals surface area contributed by atoms with E-state index in [9.17, 15) is 0 Å². The first-order valence-electron chi connectivity index (χ1n) is 8.85. The highest BCUT2D eigenvalue weighted by Gasteiger charge is 2.17. The summed E-state index contributed by atoms with van der Waals surface area (Å²) in [5, 5.41) is 0. The average molecular weight is 337 g/mol. The predicted octanol–water partition coefficient (Wildman–Crippen LogP) is 7.04. The van der Waals surface area contributed by atoms with E-state index in [0.29, 0.717) is 5.92 Å². The van der Waals surface area contributed by atoms with Gasteiger partial charge in [-0.3, -0.25) is 0 Å². The molecule has 0 N–H and O–H groups in total. The normalized spacial score (nSPS) is 13.9. The van der Waals surface area contributed by atoms with Gasteiger partial charge in [-0.05, 0) is 47.1 Å². The number of hydrogen-bond donors (Lipinski definition) is 0. The second kappa shape index (κ2) is 9.17. The van der Waals surface area contributed by atoms with Crippen LogP contribution in [-0.2, 0) is 5.75 Å². The van der Waals surface area contributed by atoms with Gasteiger partial charge in [0.25, 0.3) is 0 Å². The van der Waals surface area contributed by atoms with Crippen molar-refractivity contribution in [3.63, 3.8) is 0 Å². The lowest BCUT2D eigenvalue weighted by Gasteiger charge is -2.24.